The number of hydrogen-bond acceptors (Lipinski definition) is 3. The molecule has 0 saturated heterocycles. The summed E-state index contributed by atoms with van der Waals surface area (Å²) in [5, 5.41) is 2.98. The van der Waals surface area contributed by atoms with Crippen LogP contribution in [0.25, 0.3) is 11.5 Å². The van der Waals surface area contributed by atoms with Gasteiger partial charge >= 0.3 is 0 Å². The molecule has 0 amide bonds. The van der Waals surface area contributed by atoms with Crippen molar-refractivity contribution < 1.29 is 4.42 Å². The molecule has 0 aliphatic rings. The Hall–Kier alpha value is -1.77. The number of anilines is 1. The van der Waals surface area contributed by atoms with Gasteiger partial charge in [-0.15, -0.1) is 0 Å². The van der Waals surface area contributed by atoms with Crippen molar-refractivity contribution in [3.8, 4) is 11.5 Å². The molecule has 0 fully saturated rings. The number of furan rings is 1. The molecule has 2 aromatic rings. The van der Waals surface area contributed by atoms with E-state index in [4.69, 9.17) is 4.42 Å². The molecule has 0 atom stereocenters. The molecule has 2 heterocycles. The largest absolute Gasteiger partial charge is 0.463 e. The third-order valence-electron chi connectivity index (χ3n) is 1.78. The second-order valence-electron chi connectivity index (χ2n) is 2.64. The first kappa shape index (κ1) is 7.86. The Morgan fingerprint density at radius 3 is 2.85 bits per heavy atom. The number of rotatable bonds is 2. The summed E-state index contributed by atoms with van der Waals surface area (Å²) in [7, 11) is 1.84. The summed E-state index contributed by atoms with van der Waals surface area (Å²) in [5.41, 5.74) is 0.844. The Balaban J connectivity index is 2.41. The minimum absolute atomic E-state index is 0.789. The van der Waals surface area contributed by atoms with Gasteiger partial charge in [0, 0.05) is 7.05 Å². The summed E-state index contributed by atoms with van der Waals surface area (Å²) in [4.78, 5) is 4.33. The Bertz CT molecular complexity index is 382. The van der Waals surface area contributed by atoms with Crippen LogP contribution in [-0.2, 0) is 0 Å². The van der Waals surface area contributed by atoms with Crippen LogP contribution in [0, 0.1) is 0 Å². The number of nitrogens with one attached hydrogen (secondary N) is 1. The lowest BCUT2D eigenvalue weighted by molar-refractivity contribution is 0.580. The minimum atomic E-state index is 0.789. The quantitative estimate of drug-likeness (QED) is 0.759. The third-order valence-corrected chi connectivity index (χ3v) is 1.78. The van der Waals surface area contributed by atoms with Gasteiger partial charge in [0.25, 0.3) is 0 Å². The van der Waals surface area contributed by atoms with Gasteiger partial charge in [-0.25, -0.2) is 4.98 Å². The van der Waals surface area contributed by atoms with E-state index in [1.54, 1.807) is 6.26 Å². The van der Waals surface area contributed by atoms with Gasteiger partial charge < -0.3 is 9.73 Å². The zero-order valence-electron chi connectivity index (χ0n) is 7.32. The van der Waals surface area contributed by atoms with Crippen molar-refractivity contribution in [1.82, 2.24) is 4.98 Å². The van der Waals surface area contributed by atoms with Crippen molar-refractivity contribution in [2.24, 2.45) is 0 Å². The summed E-state index contributed by atoms with van der Waals surface area (Å²) < 4.78 is 5.23. The van der Waals surface area contributed by atoms with Crippen LogP contribution in [0.15, 0.2) is 41.0 Å². The molecule has 0 radical (unpaired) electrons. The SMILES string of the molecule is CNc1cccc(-c2ccco2)n1. The molecule has 0 aliphatic carbocycles. The third kappa shape index (κ3) is 1.54. The highest BCUT2D eigenvalue weighted by Gasteiger charge is 2.01. The highest BCUT2D eigenvalue weighted by Crippen LogP contribution is 2.18. The van der Waals surface area contributed by atoms with Crippen LogP contribution < -0.4 is 5.32 Å². The zero-order valence-corrected chi connectivity index (χ0v) is 7.32. The Kier molecular flexibility index (Phi) is 2.00. The van der Waals surface area contributed by atoms with Crippen molar-refractivity contribution in [3.63, 3.8) is 0 Å². The summed E-state index contributed by atoms with van der Waals surface area (Å²) in [6.45, 7) is 0. The fourth-order valence-electron chi connectivity index (χ4n) is 1.14. The first-order valence-corrected chi connectivity index (χ1v) is 4.09. The van der Waals surface area contributed by atoms with Crippen LogP contribution in [0.2, 0.25) is 0 Å². The number of nitrogens with zero attached hydrogens (tertiary/aromatic N) is 1. The molecular formula is C10H10N2O. The summed E-state index contributed by atoms with van der Waals surface area (Å²) in [6, 6.07) is 9.51. The Labute approximate surface area is 76.4 Å². The molecule has 2 aromatic heterocycles. The van der Waals surface area contributed by atoms with E-state index in [1.807, 2.05) is 37.4 Å². The average Bonchev–Trinajstić information content (AvgIpc) is 2.71. The van der Waals surface area contributed by atoms with Gasteiger partial charge in [-0.1, -0.05) is 6.07 Å². The normalized spacial score (nSPS) is 9.92. The summed E-state index contributed by atoms with van der Waals surface area (Å²) in [5.74, 6) is 1.63. The van der Waals surface area contributed by atoms with Crippen molar-refractivity contribution in [2.75, 3.05) is 12.4 Å². The van der Waals surface area contributed by atoms with Gasteiger partial charge in [0.2, 0.25) is 0 Å². The monoisotopic (exact) mass is 174 g/mol. The van der Waals surface area contributed by atoms with Gasteiger partial charge in [-0.3, -0.25) is 0 Å². The average molecular weight is 174 g/mol. The lowest BCUT2D eigenvalue weighted by atomic mass is 10.3. The van der Waals surface area contributed by atoms with E-state index in [0.717, 1.165) is 17.3 Å². The fraction of sp³-hybridized carbons (Fsp3) is 0.100. The lowest BCUT2D eigenvalue weighted by Gasteiger charge is -2.00. The van der Waals surface area contributed by atoms with Gasteiger partial charge in [0.1, 0.15) is 11.5 Å². The van der Waals surface area contributed by atoms with Crippen molar-refractivity contribution >= 4 is 5.82 Å². The standard InChI is InChI=1S/C10H10N2O/c1-11-10-6-2-4-8(12-10)9-5-3-7-13-9/h2-7H,1H3,(H,11,12). The zero-order chi connectivity index (χ0) is 9.10. The van der Waals surface area contributed by atoms with Crippen molar-refractivity contribution in [3.05, 3.63) is 36.6 Å². The van der Waals surface area contributed by atoms with E-state index in [9.17, 15) is 0 Å². The molecule has 0 aliphatic heterocycles. The Morgan fingerprint density at radius 1 is 1.23 bits per heavy atom. The molecule has 0 bridgehead atoms. The maximum Gasteiger partial charge on any atom is 0.152 e. The van der Waals surface area contributed by atoms with E-state index in [2.05, 4.69) is 10.3 Å². The molecule has 2 rings (SSSR count). The minimum Gasteiger partial charge on any atom is -0.463 e. The van der Waals surface area contributed by atoms with Crippen LogP contribution in [0.4, 0.5) is 5.82 Å². The van der Waals surface area contributed by atoms with Gasteiger partial charge in [-0.2, -0.15) is 0 Å². The highest BCUT2D eigenvalue weighted by atomic mass is 16.3. The molecule has 0 spiro atoms. The second-order valence-corrected chi connectivity index (χ2v) is 2.64. The van der Waals surface area contributed by atoms with E-state index in [0.29, 0.717) is 0 Å². The van der Waals surface area contributed by atoms with E-state index >= 15 is 0 Å². The van der Waals surface area contributed by atoms with Gasteiger partial charge in [-0.05, 0) is 24.3 Å². The van der Waals surface area contributed by atoms with Gasteiger partial charge in [0.15, 0.2) is 5.76 Å². The van der Waals surface area contributed by atoms with E-state index in [-0.39, 0.29) is 0 Å². The molecule has 13 heavy (non-hydrogen) atoms. The van der Waals surface area contributed by atoms with Crippen LogP contribution in [0.1, 0.15) is 0 Å². The van der Waals surface area contributed by atoms with Crippen LogP contribution >= 0.6 is 0 Å². The smallest absolute Gasteiger partial charge is 0.152 e. The topological polar surface area (TPSA) is 38.1 Å². The van der Waals surface area contributed by atoms with Crippen molar-refractivity contribution in [2.45, 2.75) is 0 Å². The molecule has 3 nitrogen and oxygen atoms in total. The molecule has 0 saturated carbocycles. The first-order valence-electron chi connectivity index (χ1n) is 4.09. The fourth-order valence-corrected chi connectivity index (χ4v) is 1.14. The van der Waals surface area contributed by atoms with E-state index < -0.39 is 0 Å². The van der Waals surface area contributed by atoms with Crippen LogP contribution in [0.3, 0.4) is 0 Å². The predicted molar refractivity (Wildman–Crippen MR) is 51.5 cm³/mol. The Morgan fingerprint density at radius 2 is 2.15 bits per heavy atom. The summed E-state index contributed by atoms with van der Waals surface area (Å²) >= 11 is 0. The first-order chi connectivity index (χ1) is 6.40. The number of aromatic nitrogens is 1. The molecule has 66 valence electrons. The van der Waals surface area contributed by atoms with Crippen LogP contribution in [0.5, 0.6) is 0 Å². The predicted octanol–water partition coefficient (Wildman–Crippen LogP) is 2.38. The summed E-state index contributed by atoms with van der Waals surface area (Å²) in [6.07, 6.45) is 1.64. The lowest BCUT2D eigenvalue weighted by Crippen LogP contribution is -1.92. The maximum absolute atomic E-state index is 5.23. The number of pyridine rings is 1. The molecule has 1 N–H and O–H groups in total. The maximum atomic E-state index is 5.23. The second kappa shape index (κ2) is 3.31. The molecule has 0 aromatic carbocycles. The molecular weight excluding hydrogens is 164 g/mol. The van der Waals surface area contributed by atoms with Gasteiger partial charge in [0.05, 0.1) is 6.26 Å². The highest BCUT2D eigenvalue weighted by molar-refractivity contribution is 5.54. The molecule has 3 heteroatoms. The van der Waals surface area contributed by atoms with Crippen LogP contribution in [-0.4, -0.2) is 12.0 Å². The van der Waals surface area contributed by atoms with Crippen molar-refractivity contribution in [1.29, 1.82) is 0 Å². The number of hydrogen-bond donors (Lipinski definition) is 1. The molecule has 0 unspecified atom stereocenters. The van der Waals surface area contributed by atoms with E-state index in [1.165, 1.54) is 0 Å².